The van der Waals surface area contributed by atoms with Gasteiger partial charge in [-0.25, -0.2) is 0 Å². The van der Waals surface area contributed by atoms with E-state index in [-0.39, 0.29) is 12.1 Å². The van der Waals surface area contributed by atoms with Crippen molar-refractivity contribution in [2.24, 2.45) is 0 Å². The van der Waals surface area contributed by atoms with Crippen molar-refractivity contribution >= 4 is 15.9 Å². The third kappa shape index (κ3) is 4.87. The molecule has 0 spiro atoms. The molecule has 2 nitrogen and oxygen atoms in total. The zero-order valence-corrected chi connectivity index (χ0v) is 14.4. The lowest BCUT2D eigenvalue weighted by Crippen LogP contribution is -2.18. The largest absolute Gasteiger partial charge is 0.491 e. The van der Waals surface area contributed by atoms with Gasteiger partial charge in [0.1, 0.15) is 5.75 Å². The predicted octanol–water partition coefficient (Wildman–Crippen LogP) is 5.09. The van der Waals surface area contributed by atoms with Crippen molar-refractivity contribution in [2.75, 3.05) is 0 Å². The lowest BCUT2D eigenvalue weighted by molar-refractivity contribution is 0.242. The second-order valence-electron chi connectivity index (χ2n) is 5.43. The number of nitrogens with one attached hydrogen (secondary N) is 1. The molecule has 1 N–H and O–H groups in total. The number of ether oxygens (including phenoxy) is 1. The van der Waals surface area contributed by atoms with Crippen molar-refractivity contribution in [2.45, 2.75) is 39.5 Å². The molecule has 0 fully saturated rings. The summed E-state index contributed by atoms with van der Waals surface area (Å²) in [6, 6.07) is 16.8. The summed E-state index contributed by atoms with van der Waals surface area (Å²) in [5, 5.41) is 3.55. The lowest BCUT2D eigenvalue weighted by atomic mass is 10.1. The Balaban J connectivity index is 2.00. The maximum absolute atomic E-state index is 5.75. The molecule has 0 saturated heterocycles. The normalized spacial score (nSPS) is 12.4. The molecule has 2 aromatic rings. The van der Waals surface area contributed by atoms with E-state index in [0.29, 0.717) is 0 Å². The van der Waals surface area contributed by atoms with Crippen LogP contribution in [0.2, 0.25) is 0 Å². The van der Waals surface area contributed by atoms with Crippen LogP contribution in [-0.2, 0) is 6.54 Å². The van der Waals surface area contributed by atoms with Gasteiger partial charge < -0.3 is 10.1 Å². The molecule has 2 rings (SSSR count). The Bertz CT molecular complexity index is 583. The number of hydrogen-bond donors (Lipinski definition) is 1. The van der Waals surface area contributed by atoms with Crippen LogP contribution >= 0.6 is 15.9 Å². The topological polar surface area (TPSA) is 21.3 Å². The molecule has 0 aliphatic rings. The molecule has 0 aliphatic carbocycles. The molecule has 0 radical (unpaired) electrons. The van der Waals surface area contributed by atoms with Crippen molar-refractivity contribution < 1.29 is 4.74 Å². The van der Waals surface area contributed by atoms with Crippen molar-refractivity contribution in [1.29, 1.82) is 0 Å². The molecule has 2 aromatic carbocycles. The summed E-state index contributed by atoms with van der Waals surface area (Å²) in [5.74, 6) is 0.928. The highest BCUT2D eigenvalue weighted by molar-refractivity contribution is 9.10. The Morgan fingerprint density at radius 2 is 1.81 bits per heavy atom. The zero-order valence-electron chi connectivity index (χ0n) is 12.8. The van der Waals surface area contributed by atoms with Crippen LogP contribution in [0, 0.1) is 0 Å². The fourth-order valence-corrected chi connectivity index (χ4v) is 2.58. The molecule has 1 atom stereocenters. The van der Waals surface area contributed by atoms with Gasteiger partial charge in [0.2, 0.25) is 0 Å². The summed E-state index contributed by atoms with van der Waals surface area (Å²) in [5.41, 5.74) is 2.50. The first-order valence-corrected chi connectivity index (χ1v) is 8.09. The third-order valence-corrected chi connectivity index (χ3v) is 4.06. The van der Waals surface area contributed by atoms with Crippen LogP contribution in [0.3, 0.4) is 0 Å². The Labute approximate surface area is 135 Å². The number of hydrogen-bond acceptors (Lipinski definition) is 2. The lowest BCUT2D eigenvalue weighted by Gasteiger charge is -2.17. The summed E-state index contributed by atoms with van der Waals surface area (Å²) >= 11 is 3.58. The third-order valence-electron chi connectivity index (χ3n) is 3.29. The molecule has 21 heavy (non-hydrogen) atoms. The quantitative estimate of drug-likeness (QED) is 0.785. The van der Waals surface area contributed by atoms with Gasteiger partial charge in [0, 0.05) is 17.1 Å². The summed E-state index contributed by atoms with van der Waals surface area (Å²) in [4.78, 5) is 0. The molecule has 0 amide bonds. The van der Waals surface area contributed by atoms with Crippen LogP contribution in [0.5, 0.6) is 5.75 Å². The number of rotatable bonds is 6. The molecule has 0 bridgehead atoms. The minimum atomic E-state index is 0.198. The summed E-state index contributed by atoms with van der Waals surface area (Å²) < 4.78 is 6.89. The Morgan fingerprint density at radius 3 is 2.52 bits per heavy atom. The van der Waals surface area contributed by atoms with E-state index in [1.165, 1.54) is 11.1 Å². The van der Waals surface area contributed by atoms with Crippen molar-refractivity contribution in [1.82, 2.24) is 5.32 Å². The fraction of sp³-hybridized carbons (Fsp3) is 0.333. The Morgan fingerprint density at radius 1 is 1.05 bits per heavy atom. The summed E-state index contributed by atoms with van der Waals surface area (Å²) in [6.07, 6.45) is 0.198. The van der Waals surface area contributed by atoms with Crippen molar-refractivity contribution in [3.8, 4) is 5.75 Å². The number of benzene rings is 2. The highest BCUT2D eigenvalue weighted by Gasteiger charge is 2.08. The Hall–Kier alpha value is -1.32. The fourth-order valence-electron chi connectivity index (χ4n) is 2.15. The van der Waals surface area contributed by atoms with Crippen LogP contribution in [-0.4, -0.2) is 6.10 Å². The highest BCUT2D eigenvalue weighted by atomic mass is 79.9. The monoisotopic (exact) mass is 347 g/mol. The average Bonchev–Trinajstić information content (AvgIpc) is 2.45. The van der Waals surface area contributed by atoms with Crippen LogP contribution in [0.25, 0.3) is 0 Å². The van der Waals surface area contributed by atoms with Gasteiger partial charge in [0.15, 0.2) is 0 Å². The molecule has 0 saturated carbocycles. The van der Waals surface area contributed by atoms with Gasteiger partial charge in [0.25, 0.3) is 0 Å². The minimum Gasteiger partial charge on any atom is -0.491 e. The van der Waals surface area contributed by atoms with E-state index in [1.807, 2.05) is 32.0 Å². The van der Waals surface area contributed by atoms with E-state index in [4.69, 9.17) is 4.74 Å². The van der Waals surface area contributed by atoms with Crippen molar-refractivity contribution in [3.63, 3.8) is 0 Å². The van der Waals surface area contributed by atoms with Crippen LogP contribution < -0.4 is 10.1 Å². The first kappa shape index (κ1) is 16.1. The van der Waals surface area contributed by atoms with Gasteiger partial charge in [-0.1, -0.05) is 46.3 Å². The van der Waals surface area contributed by atoms with Gasteiger partial charge in [-0.2, -0.15) is 0 Å². The standard InChI is InChI=1S/C18H22BrNO/c1-13(2)21-17-9-6-8-15(11-17)14(3)20-12-16-7-4-5-10-18(16)19/h4-11,13-14,20H,12H2,1-3H3. The summed E-state index contributed by atoms with van der Waals surface area (Å²) in [7, 11) is 0. The van der Waals surface area contributed by atoms with Gasteiger partial charge >= 0.3 is 0 Å². The minimum absolute atomic E-state index is 0.198. The van der Waals surface area contributed by atoms with Gasteiger partial charge in [-0.3, -0.25) is 0 Å². The second-order valence-corrected chi connectivity index (χ2v) is 6.29. The van der Waals surface area contributed by atoms with Crippen LogP contribution in [0.1, 0.15) is 37.9 Å². The molecule has 0 aromatic heterocycles. The Kier molecular flexibility index (Phi) is 5.83. The van der Waals surface area contributed by atoms with Gasteiger partial charge in [-0.15, -0.1) is 0 Å². The number of halogens is 1. The second kappa shape index (κ2) is 7.62. The first-order chi connectivity index (χ1) is 10.1. The first-order valence-electron chi connectivity index (χ1n) is 7.29. The highest BCUT2D eigenvalue weighted by Crippen LogP contribution is 2.21. The van der Waals surface area contributed by atoms with E-state index in [9.17, 15) is 0 Å². The van der Waals surface area contributed by atoms with Crippen LogP contribution in [0.15, 0.2) is 53.0 Å². The maximum Gasteiger partial charge on any atom is 0.120 e. The molecule has 112 valence electrons. The molecular formula is C18H22BrNO. The summed E-state index contributed by atoms with van der Waals surface area (Å²) in [6.45, 7) is 7.09. The SMILES string of the molecule is CC(C)Oc1cccc(C(C)NCc2ccccc2Br)c1. The van der Waals surface area contributed by atoms with Gasteiger partial charge in [-0.05, 0) is 50.1 Å². The van der Waals surface area contributed by atoms with E-state index in [2.05, 4.69) is 58.5 Å². The van der Waals surface area contributed by atoms with E-state index >= 15 is 0 Å². The molecule has 1 unspecified atom stereocenters. The smallest absolute Gasteiger partial charge is 0.120 e. The molecular weight excluding hydrogens is 326 g/mol. The predicted molar refractivity (Wildman–Crippen MR) is 91.6 cm³/mol. The average molecular weight is 348 g/mol. The molecule has 0 aliphatic heterocycles. The maximum atomic E-state index is 5.75. The molecule has 0 heterocycles. The van der Waals surface area contributed by atoms with E-state index < -0.39 is 0 Å². The van der Waals surface area contributed by atoms with E-state index in [1.54, 1.807) is 0 Å². The van der Waals surface area contributed by atoms with Crippen molar-refractivity contribution in [3.05, 3.63) is 64.1 Å². The molecule has 3 heteroatoms. The van der Waals surface area contributed by atoms with Crippen LogP contribution in [0.4, 0.5) is 0 Å². The van der Waals surface area contributed by atoms with E-state index in [0.717, 1.165) is 16.8 Å². The zero-order chi connectivity index (χ0) is 15.2. The van der Waals surface area contributed by atoms with Gasteiger partial charge in [0.05, 0.1) is 6.10 Å².